The van der Waals surface area contributed by atoms with E-state index in [1.165, 1.54) is 25.3 Å². The van der Waals surface area contributed by atoms with Gasteiger partial charge in [-0.1, -0.05) is 44.2 Å². The van der Waals surface area contributed by atoms with Crippen molar-refractivity contribution in [2.45, 2.75) is 44.6 Å². The predicted octanol–water partition coefficient (Wildman–Crippen LogP) is 3.51. The van der Waals surface area contributed by atoms with E-state index in [-0.39, 0.29) is 18.4 Å². The van der Waals surface area contributed by atoms with Crippen molar-refractivity contribution in [2.24, 2.45) is 13.0 Å². The molecule has 1 saturated carbocycles. The second-order valence-corrected chi connectivity index (χ2v) is 8.45. The summed E-state index contributed by atoms with van der Waals surface area (Å²) in [7, 11) is 3.37. The predicted molar refractivity (Wildman–Crippen MR) is 120 cm³/mol. The van der Waals surface area contributed by atoms with Crippen LogP contribution in [0.15, 0.2) is 48.4 Å². The third kappa shape index (κ3) is 5.12. The molecule has 8 heteroatoms. The molecule has 1 N–H and O–H groups in total. The number of hydrogen-bond donors (Lipinski definition) is 1. The topological polar surface area (TPSA) is 85.7 Å². The second-order valence-electron chi connectivity index (χ2n) is 8.45. The van der Waals surface area contributed by atoms with Crippen LogP contribution in [0.1, 0.15) is 38.5 Å². The highest BCUT2D eigenvalue weighted by Crippen LogP contribution is 2.32. The summed E-state index contributed by atoms with van der Waals surface area (Å²) in [4.78, 5) is 27.8. The van der Waals surface area contributed by atoms with Gasteiger partial charge in [0.05, 0.1) is 13.7 Å². The van der Waals surface area contributed by atoms with E-state index in [0.29, 0.717) is 35.4 Å². The van der Waals surface area contributed by atoms with Crippen molar-refractivity contribution in [1.82, 2.24) is 14.7 Å². The Hall–Kier alpha value is -3.29. The number of ether oxygens (including phenoxy) is 2. The number of aromatic nitrogens is 2. The molecule has 0 bridgehead atoms. The van der Waals surface area contributed by atoms with Gasteiger partial charge < -0.3 is 19.7 Å². The third-order valence-corrected chi connectivity index (χ3v) is 6.13. The zero-order valence-corrected chi connectivity index (χ0v) is 18.6. The van der Waals surface area contributed by atoms with Crippen molar-refractivity contribution >= 4 is 17.6 Å². The average molecular weight is 439 g/mol. The first-order valence-electron chi connectivity index (χ1n) is 11.2. The molecular formula is C24H30N4O4. The molecule has 1 aromatic carbocycles. The average Bonchev–Trinajstić information content (AvgIpc) is 3.37. The summed E-state index contributed by atoms with van der Waals surface area (Å²) in [5, 5.41) is 7.13. The van der Waals surface area contributed by atoms with E-state index >= 15 is 0 Å². The van der Waals surface area contributed by atoms with E-state index in [0.717, 1.165) is 12.8 Å². The first kappa shape index (κ1) is 21.9. The first-order valence-corrected chi connectivity index (χ1v) is 11.2. The Morgan fingerprint density at radius 3 is 2.62 bits per heavy atom. The Balaban J connectivity index is 1.49. The zero-order chi connectivity index (χ0) is 22.5. The fraction of sp³-hybridized carbons (Fsp3) is 0.458. The number of anilines is 1. The lowest BCUT2D eigenvalue weighted by Crippen LogP contribution is -2.46. The van der Waals surface area contributed by atoms with Crippen LogP contribution in [0.2, 0.25) is 0 Å². The molecule has 1 unspecified atom stereocenters. The summed E-state index contributed by atoms with van der Waals surface area (Å²) in [6.07, 6.45) is 9.65. The highest BCUT2D eigenvalue weighted by Gasteiger charge is 2.36. The summed E-state index contributed by atoms with van der Waals surface area (Å²) in [5.74, 6) is 2.11. The van der Waals surface area contributed by atoms with Gasteiger partial charge in [-0.2, -0.15) is 5.10 Å². The minimum absolute atomic E-state index is 0.213. The molecule has 32 heavy (non-hydrogen) atoms. The zero-order valence-electron chi connectivity index (χ0n) is 18.6. The molecule has 170 valence electrons. The van der Waals surface area contributed by atoms with Gasteiger partial charge in [-0.3, -0.25) is 14.3 Å². The number of para-hydroxylation sites is 2. The van der Waals surface area contributed by atoms with Gasteiger partial charge in [0.15, 0.2) is 17.3 Å². The number of benzene rings is 1. The Labute approximate surface area is 188 Å². The maximum absolute atomic E-state index is 13.3. The van der Waals surface area contributed by atoms with E-state index in [2.05, 4.69) is 10.4 Å². The lowest BCUT2D eigenvalue weighted by atomic mass is 9.84. The number of methoxy groups -OCH3 is 1. The monoisotopic (exact) mass is 438 g/mol. The van der Waals surface area contributed by atoms with E-state index in [1.807, 2.05) is 12.1 Å². The number of amides is 2. The number of carbonyl (C=O) groups excluding carboxylic acids is 2. The van der Waals surface area contributed by atoms with Crippen LogP contribution < -0.4 is 14.8 Å². The molecule has 0 saturated heterocycles. The lowest BCUT2D eigenvalue weighted by molar-refractivity contribution is -0.134. The van der Waals surface area contributed by atoms with E-state index in [1.54, 1.807) is 48.1 Å². The quantitative estimate of drug-likeness (QED) is 0.682. The Morgan fingerprint density at radius 1 is 1.19 bits per heavy atom. The largest absolute Gasteiger partial charge is 0.493 e. The van der Waals surface area contributed by atoms with Gasteiger partial charge in [-0.05, 0) is 24.5 Å². The number of nitrogens with zero attached hydrogens (tertiary/aromatic N) is 3. The Morgan fingerprint density at radius 2 is 1.94 bits per heavy atom. The highest BCUT2D eigenvalue weighted by molar-refractivity contribution is 5.99. The van der Waals surface area contributed by atoms with E-state index in [4.69, 9.17) is 9.47 Å². The number of hydrogen-bond acceptors (Lipinski definition) is 5. The molecule has 1 aliphatic heterocycles. The van der Waals surface area contributed by atoms with Gasteiger partial charge in [-0.25, -0.2) is 0 Å². The van der Waals surface area contributed by atoms with E-state index < -0.39 is 6.04 Å². The molecule has 2 heterocycles. The van der Waals surface area contributed by atoms with Crippen LogP contribution in [-0.2, 0) is 16.6 Å². The second kappa shape index (κ2) is 9.89. The molecule has 8 nitrogen and oxygen atoms in total. The highest BCUT2D eigenvalue weighted by atomic mass is 16.5. The van der Waals surface area contributed by atoms with Crippen molar-refractivity contribution in [3.8, 4) is 11.5 Å². The summed E-state index contributed by atoms with van der Waals surface area (Å²) in [6.45, 7) is 0.240. The standard InChI is InChI=1S/C24H30N4O4/c1-27-13-12-22(26-27)25-24(30)19(14-17-8-4-3-5-9-17)28-16-18(15-23(28)29)32-21-11-7-6-10-20(21)31-2/h6-7,10-13,15,17,19H,3-5,8-9,14,16H2,1-2H3,(H,25,26,30). The smallest absolute Gasteiger partial charge is 0.251 e. The summed E-state index contributed by atoms with van der Waals surface area (Å²) < 4.78 is 12.9. The van der Waals surface area contributed by atoms with Gasteiger partial charge >= 0.3 is 0 Å². The molecule has 2 amide bonds. The van der Waals surface area contributed by atoms with Crippen molar-refractivity contribution in [3.63, 3.8) is 0 Å². The van der Waals surface area contributed by atoms with Crippen LogP contribution in [0.4, 0.5) is 5.82 Å². The van der Waals surface area contributed by atoms with Gasteiger partial charge in [0.25, 0.3) is 5.91 Å². The molecule has 4 rings (SSSR count). The third-order valence-electron chi connectivity index (χ3n) is 6.13. The van der Waals surface area contributed by atoms with Crippen molar-refractivity contribution in [2.75, 3.05) is 19.0 Å². The maximum Gasteiger partial charge on any atom is 0.251 e. The molecule has 2 aromatic rings. The number of carbonyl (C=O) groups is 2. The molecule has 1 fully saturated rings. The lowest BCUT2D eigenvalue weighted by Gasteiger charge is -2.31. The van der Waals surface area contributed by atoms with Crippen LogP contribution in [0.5, 0.6) is 11.5 Å². The molecule has 0 radical (unpaired) electrons. The van der Waals surface area contributed by atoms with Crippen molar-refractivity contribution < 1.29 is 19.1 Å². The maximum atomic E-state index is 13.3. The van der Waals surface area contributed by atoms with Crippen LogP contribution >= 0.6 is 0 Å². The summed E-state index contributed by atoms with van der Waals surface area (Å²) in [5.41, 5.74) is 0. The summed E-state index contributed by atoms with van der Waals surface area (Å²) >= 11 is 0. The van der Waals surface area contributed by atoms with E-state index in [9.17, 15) is 9.59 Å². The normalized spacial score (nSPS) is 17.8. The fourth-order valence-electron chi connectivity index (χ4n) is 4.49. The van der Waals surface area contributed by atoms with Gasteiger partial charge in [0, 0.05) is 25.4 Å². The van der Waals surface area contributed by atoms with Crippen LogP contribution in [0.3, 0.4) is 0 Å². The van der Waals surface area contributed by atoms with Gasteiger partial charge in [-0.15, -0.1) is 0 Å². The first-order chi connectivity index (χ1) is 15.5. The number of nitrogens with one attached hydrogen (secondary N) is 1. The number of aryl methyl sites for hydroxylation is 1. The molecular weight excluding hydrogens is 408 g/mol. The SMILES string of the molecule is COc1ccccc1OC1=CC(=O)N(C(CC2CCCCC2)C(=O)Nc2ccn(C)n2)C1. The van der Waals surface area contributed by atoms with Crippen LogP contribution in [0.25, 0.3) is 0 Å². The van der Waals surface area contributed by atoms with Crippen LogP contribution in [0, 0.1) is 5.92 Å². The van der Waals surface area contributed by atoms with Crippen LogP contribution in [-0.4, -0.2) is 46.2 Å². The van der Waals surface area contributed by atoms with Gasteiger partial charge in [0.1, 0.15) is 11.8 Å². The molecule has 0 spiro atoms. The fourth-order valence-corrected chi connectivity index (χ4v) is 4.49. The molecule has 1 atom stereocenters. The van der Waals surface area contributed by atoms with Crippen molar-refractivity contribution in [3.05, 3.63) is 48.4 Å². The Bertz CT molecular complexity index is 993. The van der Waals surface area contributed by atoms with Gasteiger partial charge in [0.2, 0.25) is 5.91 Å². The Kier molecular flexibility index (Phi) is 6.78. The minimum atomic E-state index is -0.581. The minimum Gasteiger partial charge on any atom is -0.493 e. The summed E-state index contributed by atoms with van der Waals surface area (Å²) in [6, 6.07) is 8.46. The molecule has 1 aliphatic carbocycles. The van der Waals surface area contributed by atoms with Crippen molar-refractivity contribution in [1.29, 1.82) is 0 Å². The number of rotatable bonds is 8. The molecule has 1 aromatic heterocycles. The molecule has 2 aliphatic rings.